The Morgan fingerprint density at radius 1 is 1.06 bits per heavy atom. The van der Waals surface area contributed by atoms with Crippen LogP contribution in [-0.2, 0) is 18.5 Å². The Labute approximate surface area is 92.1 Å². The molecule has 0 atom stereocenters. The van der Waals surface area contributed by atoms with Crippen molar-refractivity contribution in [2.24, 2.45) is 0 Å². The van der Waals surface area contributed by atoms with Crippen molar-refractivity contribution < 1.29 is 22.0 Å². The molecule has 0 aliphatic carbocycles. The average Bonchev–Trinajstić information content (AvgIpc) is 2.15. The van der Waals surface area contributed by atoms with E-state index in [0.29, 0.717) is 6.92 Å². The quantitative estimate of drug-likeness (QED) is 0.756. The van der Waals surface area contributed by atoms with E-state index in [2.05, 4.69) is 15.0 Å². The number of aromatic nitrogens is 3. The highest BCUT2D eigenvalue weighted by molar-refractivity contribution is 5.06. The van der Waals surface area contributed by atoms with E-state index in [4.69, 9.17) is 5.26 Å². The first kappa shape index (κ1) is 13.2. The first-order valence-electron chi connectivity index (χ1n) is 4.22. The van der Waals surface area contributed by atoms with Crippen LogP contribution in [0, 0.1) is 11.3 Å². The summed E-state index contributed by atoms with van der Waals surface area (Å²) >= 11 is 0. The molecule has 0 amide bonds. The van der Waals surface area contributed by atoms with Gasteiger partial charge >= 0.3 is 12.1 Å². The number of alkyl halides is 5. The molecule has 1 rings (SSSR count). The van der Waals surface area contributed by atoms with Crippen LogP contribution in [0.4, 0.5) is 22.0 Å². The number of halogens is 5. The lowest BCUT2D eigenvalue weighted by Crippen LogP contribution is -2.21. The number of hydrogen-bond donors (Lipinski definition) is 0. The van der Waals surface area contributed by atoms with Crippen molar-refractivity contribution in [3.8, 4) is 6.07 Å². The van der Waals surface area contributed by atoms with Gasteiger partial charge in [0.05, 0.1) is 12.5 Å². The van der Waals surface area contributed by atoms with Gasteiger partial charge < -0.3 is 0 Å². The third kappa shape index (κ3) is 3.30. The molecule has 1 heterocycles. The second-order valence-corrected chi connectivity index (χ2v) is 3.12. The van der Waals surface area contributed by atoms with Gasteiger partial charge in [-0.3, -0.25) is 0 Å². The van der Waals surface area contributed by atoms with Gasteiger partial charge in [-0.05, 0) is 0 Å². The van der Waals surface area contributed by atoms with Crippen LogP contribution in [0.15, 0.2) is 0 Å². The van der Waals surface area contributed by atoms with Gasteiger partial charge in [0.1, 0.15) is 5.82 Å². The molecule has 0 radical (unpaired) electrons. The minimum atomic E-state index is -4.97. The van der Waals surface area contributed by atoms with E-state index >= 15 is 0 Å². The lowest BCUT2D eigenvalue weighted by Gasteiger charge is -2.12. The van der Waals surface area contributed by atoms with Crippen LogP contribution in [0.2, 0.25) is 0 Å². The highest BCUT2D eigenvalue weighted by atomic mass is 19.4. The lowest BCUT2D eigenvalue weighted by atomic mass is 10.3. The Hall–Kier alpha value is -1.85. The van der Waals surface area contributed by atoms with Crippen molar-refractivity contribution in [1.82, 2.24) is 15.0 Å². The van der Waals surface area contributed by atoms with Gasteiger partial charge in [-0.1, -0.05) is 0 Å². The highest BCUT2D eigenvalue weighted by Gasteiger charge is 2.38. The van der Waals surface area contributed by atoms with Gasteiger partial charge in [-0.25, -0.2) is 15.0 Å². The molecule has 0 aromatic carbocycles. The molecule has 0 N–H and O–H groups in total. The number of rotatable bonds is 2. The molecule has 1 aromatic heterocycles. The van der Waals surface area contributed by atoms with Crippen LogP contribution in [0.25, 0.3) is 0 Å². The molecule has 0 aliphatic heterocycles. The first-order valence-corrected chi connectivity index (χ1v) is 4.22. The molecule has 1 aromatic rings. The second-order valence-electron chi connectivity index (χ2n) is 3.12. The van der Waals surface area contributed by atoms with E-state index in [1.54, 1.807) is 0 Å². The van der Waals surface area contributed by atoms with Crippen molar-refractivity contribution in [2.45, 2.75) is 25.4 Å². The van der Waals surface area contributed by atoms with E-state index in [1.165, 1.54) is 6.07 Å². The summed E-state index contributed by atoms with van der Waals surface area (Å²) in [6.07, 6.45) is -5.57. The molecule has 0 spiro atoms. The molecule has 0 saturated carbocycles. The summed E-state index contributed by atoms with van der Waals surface area (Å²) in [5.41, 5.74) is 0. The molecule has 0 fully saturated rings. The Balaban J connectivity index is 3.35. The summed E-state index contributed by atoms with van der Waals surface area (Å²) in [4.78, 5) is 8.67. The summed E-state index contributed by atoms with van der Waals surface area (Å²) in [6.45, 7) is 0.360. The van der Waals surface area contributed by atoms with Crippen LogP contribution < -0.4 is 0 Å². The third-order valence-electron chi connectivity index (χ3n) is 1.57. The molecule has 0 bridgehead atoms. The van der Waals surface area contributed by atoms with Gasteiger partial charge in [0.15, 0.2) is 0 Å². The normalized spacial score (nSPS) is 12.3. The molecule has 0 aliphatic rings. The lowest BCUT2D eigenvalue weighted by molar-refractivity contribution is -0.146. The highest BCUT2D eigenvalue weighted by Crippen LogP contribution is 2.29. The molecule has 17 heavy (non-hydrogen) atoms. The largest absolute Gasteiger partial charge is 0.451 e. The van der Waals surface area contributed by atoms with Crippen LogP contribution in [-0.4, -0.2) is 15.0 Å². The van der Waals surface area contributed by atoms with E-state index < -0.39 is 36.0 Å². The summed E-state index contributed by atoms with van der Waals surface area (Å²) in [7, 11) is 0. The van der Waals surface area contributed by atoms with E-state index in [9.17, 15) is 22.0 Å². The standard InChI is InChI=1S/C8H5F5N4/c1-7(9,10)5-15-4(2-3-14)16-6(17-5)8(11,12)13/h2H2,1H3. The maximum Gasteiger partial charge on any atom is 0.451 e. The number of nitrogens with zero attached hydrogens (tertiary/aromatic N) is 4. The summed E-state index contributed by atoms with van der Waals surface area (Å²) in [5, 5.41) is 8.29. The van der Waals surface area contributed by atoms with Gasteiger partial charge in [0.25, 0.3) is 0 Å². The molecule has 92 valence electrons. The maximum absolute atomic E-state index is 12.8. The first-order chi connectivity index (χ1) is 7.64. The molecule has 0 unspecified atom stereocenters. The third-order valence-corrected chi connectivity index (χ3v) is 1.57. The van der Waals surface area contributed by atoms with Gasteiger partial charge in [0, 0.05) is 6.92 Å². The minimum Gasteiger partial charge on any atom is -0.211 e. The van der Waals surface area contributed by atoms with E-state index in [1.807, 2.05) is 0 Å². The topological polar surface area (TPSA) is 62.5 Å². The summed E-state index contributed by atoms with van der Waals surface area (Å²) < 4.78 is 62.6. The maximum atomic E-state index is 12.8. The monoisotopic (exact) mass is 252 g/mol. The number of hydrogen-bond acceptors (Lipinski definition) is 4. The van der Waals surface area contributed by atoms with Crippen LogP contribution in [0.3, 0.4) is 0 Å². The number of nitriles is 1. The molecule has 0 saturated heterocycles. The van der Waals surface area contributed by atoms with Crippen LogP contribution >= 0.6 is 0 Å². The smallest absolute Gasteiger partial charge is 0.211 e. The Kier molecular flexibility index (Phi) is 3.26. The zero-order chi connectivity index (χ0) is 13.3. The van der Waals surface area contributed by atoms with Crippen molar-refractivity contribution in [3.63, 3.8) is 0 Å². The second kappa shape index (κ2) is 4.20. The zero-order valence-corrected chi connectivity index (χ0v) is 8.39. The predicted molar refractivity (Wildman–Crippen MR) is 43.7 cm³/mol. The fourth-order valence-electron chi connectivity index (χ4n) is 0.893. The fraction of sp³-hybridized carbons (Fsp3) is 0.500. The van der Waals surface area contributed by atoms with Crippen LogP contribution in [0.1, 0.15) is 24.4 Å². The van der Waals surface area contributed by atoms with Crippen LogP contribution in [0.5, 0.6) is 0 Å². The summed E-state index contributed by atoms with van der Waals surface area (Å²) in [6, 6.07) is 1.48. The summed E-state index contributed by atoms with van der Waals surface area (Å²) in [5.74, 6) is -7.29. The molecule has 4 nitrogen and oxygen atoms in total. The molecular formula is C8H5F5N4. The van der Waals surface area contributed by atoms with Gasteiger partial charge in [-0.15, -0.1) is 0 Å². The Morgan fingerprint density at radius 2 is 1.59 bits per heavy atom. The van der Waals surface area contributed by atoms with Gasteiger partial charge in [0.2, 0.25) is 11.6 Å². The molecule has 9 heteroatoms. The SMILES string of the molecule is CC(F)(F)c1nc(CC#N)nc(C(F)(F)F)n1. The van der Waals surface area contributed by atoms with Crippen molar-refractivity contribution in [1.29, 1.82) is 5.26 Å². The Morgan fingerprint density at radius 3 is 2.00 bits per heavy atom. The van der Waals surface area contributed by atoms with Crippen molar-refractivity contribution in [3.05, 3.63) is 17.5 Å². The van der Waals surface area contributed by atoms with E-state index in [0.717, 1.165) is 0 Å². The Bertz CT molecular complexity index is 424. The van der Waals surface area contributed by atoms with Crippen molar-refractivity contribution in [2.75, 3.05) is 0 Å². The van der Waals surface area contributed by atoms with E-state index in [-0.39, 0.29) is 0 Å². The fourth-order valence-corrected chi connectivity index (χ4v) is 0.893. The molecular weight excluding hydrogens is 247 g/mol. The average molecular weight is 252 g/mol. The van der Waals surface area contributed by atoms with Gasteiger partial charge in [-0.2, -0.15) is 27.2 Å². The minimum absolute atomic E-state index is 0.360. The predicted octanol–water partition coefficient (Wildman–Crippen LogP) is 2.07. The van der Waals surface area contributed by atoms with Crippen molar-refractivity contribution >= 4 is 0 Å². The zero-order valence-electron chi connectivity index (χ0n) is 8.39.